The fourth-order valence-corrected chi connectivity index (χ4v) is 4.41. The van der Waals surface area contributed by atoms with Crippen LogP contribution >= 0.6 is 22.9 Å². The van der Waals surface area contributed by atoms with Crippen molar-refractivity contribution < 1.29 is 26.3 Å². The van der Waals surface area contributed by atoms with E-state index in [1.54, 1.807) is 24.3 Å². The molecule has 2 aromatic carbocycles. The summed E-state index contributed by atoms with van der Waals surface area (Å²) in [4.78, 5) is 9.69. The lowest BCUT2D eigenvalue weighted by molar-refractivity contribution is -0.143. The first kappa shape index (κ1) is 22.3. The number of benzene rings is 2. The van der Waals surface area contributed by atoms with Gasteiger partial charge in [0, 0.05) is 21.2 Å². The van der Waals surface area contributed by atoms with Crippen LogP contribution in [0.2, 0.25) is 5.02 Å². The number of aromatic nitrogens is 2. The Labute approximate surface area is 186 Å². The highest BCUT2D eigenvalue weighted by Crippen LogP contribution is 2.42. The van der Waals surface area contributed by atoms with Gasteiger partial charge in [0.15, 0.2) is 0 Å². The Hall–Kier alpha value is -2.85. The lowest BCUT2D eigenvalue weighted by Crippen LogP contribution is -2.11. The van der Waals surface area contributed by atoms with Crippen molar-refractivity contribution in [3.05, 3.63) is 69.8 Å². The van der Waals surface area contributed by atoms with Crippen LogP contribution < -0.4 is 5.32 Å². The van der Waals surface area contributed by atoms with Gasteiger partial charge in [-0.05, 0) is 42.8 Å². The molecule has 11 heteroatoms. The Morgan fingerprint density at radius 1 is 0.875 bits per heavy atom. The smallest absolute Gasteiger partial charge is 0.340 e. The molecule has 0 atom stereocenters. The maximum absolute atomic E-state index is 13.2. The summed E-state index contributed by atoms with van der Waals surface area (Å²) in [6.45, 7) is 1.84. The van der Waals surface area contributed by atoms with Crippen molar-refractivity contribution in [3.8, 4) is 11.1 Å². The third-order valence-corrected chi connectivity index (χ3v) is 5.91. The van der Waals surface area contributed by atoms with Crippen LogP contribution in [0.15, 0.2) is 48.8 Å². The second-order valence-electron chi connectivity index (χ2n) is 6.86. The molecule has 4 aromatic rings. The lowest BCUT2D eigenvalue weighted by atomic mass is 10.0. The fourth-order valence-electron chi connectivity index (χ4n) is 3.27. The van der Waals surface area contributed by atoms with Gasteiger partial charge in [-0.2, -0.15) is 26.3 Å². The van der Waals surface area contributed by atoms with Gasteiger partial charge in [0.25, 0.3) is 0 Å². The highest BCUT2D eigenvalue weighted by Gasteiger charge is 2.37. The molecule has 0 saturated carbocycles. The van der Waals surface area contributed by atoms with Gasteiger partial charge in [-0.15, -0.1) is 11.3 Å². The molecule has 0 aliphatic rings. The van der Waals surface area contributed by atoms with E-state index >= 15 is 0 Å². The minimum absolute atomic E-state index is 0.0780. The number of aryl methyl sites for hydroxylation is 1. The maximum atomic E-state index is 13.2. The van der Waals surface area contributed by atoms with Crippen LogP contribution in [0, 0.1) is 6.92 Å². The molecule has 4 rings (SSSR count). The molecule has 32 heavy (non-hydrogen) atoms. The van der Waals surface area contributed by atoms with E-state index < -0.39 is 29.2 Å². The normalized spacial score (nSPS) is 12.4. The summed E-state index contributed by atoms with van der Waals surface area (Å²) >= 11 is 7.29. The Morgan fingerprint density at radius 3 is 2.03 bits per heavy atom. The van der Waals surface area contributed by atoms with Gasteiger partial charge in [0.05, 0.1) is 16.5 Å². The number of anilines is 2. The van der Waals surface area contributed by atoms with Crippen molar-refractivity contribution in [1.82, 2.24) is 9.97 Å². The number of rotatable bonds is 3. The highest BCUT2D eigenvalue weighted by atomic mass is 35.5. The van der Waals surface area contributed by atoms with Crippen LogP contribution in [0.1, 0.15) is 16.0 Å². The Morgan fingerprint density at radius 2 is 1.47 bits per heavy atom. The molecule has 1 N–H and O–H groups in total. The zero-order valence-corrected chi connectivity index (χ0v) is 17.6. The second-order valence-corrected chi connectivity index (χ2v) is 8.50. The molecule has 0 aliphatic heterocycles. The predicted molar refractivity (Wildman–Crippen MR) is 112 cm³/mol. The second kappa shape index (κ2) is 7.93. The van der Waals surface area contributed by atoms with Crippen LogP contribution in [0.5, 0.6) is 0 Å². The number of nitrogens with zero attached hydrogens (tertiary/aromatic N) is 2. The number of hydrogen-bond acceptors (Lipinski definition) is 4. The summed E-state index contributed by atoms with van der Waals surface area (Å²) in [5.74, 6) is 0.0942. The van der Waals surface area contributed by atoms with E-state index in [0.717, 1.165) is 10.4 Å². The molecule has 2 heterocycles. The maximum Gasteiger partial charge on any atom is 0.416 e. The number of thiophene rings is 1. The van der Waals surface area contributed by atoms with Crippen molar-refractivity contribution in [2.75, 3.05) is 5.32 Å². The molecule has 0 fully saturated rings. The van der Waals surface area contributed by atoms with E-state index in [2.05, 4.69) is 15.3 Å². The Kier molecular flexibility index (Phi) is 5.54. The van der Waals surface area contributed by atoms with Gasteiger partial charge in [0.1, 0.15) is 17.0 Å². The summed E-state index contributed by atoms with van der Waals surface area (Å²) in [6, 6.07) is 8.20. The first-order chi connectivity index (χ1) is 14.9. The monoisotopic (exact) mass is 487 g/mol. The van der Waals surface area contributed by atoms with Crippen molar-refractivity contribution in [2.24, 2.45) is 0 Å². The average Bonchev–Trinajstić information content (AvgIpc) is 3.04. The molecular formula is C21H12ClF6N3S. The van der Waals surface area contributed by atoms with E-state index in [9.17, 15) is 26.3 Å². The van der Waals surface area contributed by atoms with Crippen molar-refractivity contribution >= 4 is 44.7 Å². The van der Waals surface area contributed by atoms with Crippen LogP contribution in [0.3, 0.4) is 0 Å². The van der Waals surface area contributed by atoms with Gasteiger partial charge >= 0.3 is 12.4 Å². The van der Waals surface area contributed by atoms with Crippen LogP contribution in [0.4, 0.5) is 37.8 Å². The summed E-state index contributed by atoms with van der Waals surface area (Å²) in [5.41, 5.74) is -1.75. The lowest BCUT2D eigenvalue weighted by Gasteiger charge is -2.15. The standard InChI is InChI=1S/C21H12ClF6N3S/c1-10-16(11-2-4-14(22)5-3-11)17-18(29-9-30-19(17)32-10)31-15-7-12(20(23,24)25)6-13(8-15)21(26,27)28/h2-9H,1H3,(H,29,30,31). The molecule has 0 bridgehead atoms. The number of halogens is 7. The van der Waals surface area contributed by atoms with Crippen molar-refractivity contribution in [1.29, 1.82) is 0 Å². The molecule has 3 nitrogen and oxygen atoms in total. The minimum Gasteiger partial charge on any atom is -0.340 e. The minimum atomic E-state index is -4.95. The highest BCUT2D eigenvalue weighted by molar-refractivity contribution is 7.19. The first-order valence-electron chi connectivity index (χ1n) is 9.00. The van der Waals surface area contributed by atoms with E-state index in [0.29, 0.717) is 32.9 Å². The molecule has 0 aliphatic carbocycles. The number of hydrogen-bond donors (Lipinski definition) is 1. The Balaban J connectivity index is 1.88. The van der Waals surface area contributed by atoms with Gasteiger partial charge in [-0.3, -0.25) is 0 Å². The van der Waals surface area contributed by atoms with Crippen LogP contribution in [0.25, 0.3) is 21.3 Å². The summed E-state index contributed by atoms with van der Waals surface area (Å²) in [7, 11) is 0. The molecule has 166 valence electrons. The number of alkyl halides is 6. The van der Waals surface area contributed by atoms with Gasteiger partial charge in [-0.1, -0.05) is 23.7 Å². The molecule has 2 aromatic heterocycles. The van der Waals surface area contributed by atoms with Gasteiger partial charge in [0.2, 0.25) is 0 Å². The van der Waals surface area contributed by atoms with E-state index in [4.69, 9.17) is 11.6 Å². The SMILES string of the molecule is Cc1sc2ncnc(Nc3cc(C(F)(F)F)cc(C(F)(F)F)c3)c2c1-c1ccc(Cl)cc1. The fraction of sp³-hybridized carbons (Fsp3) is 0.143. The van der Waals surface area contributed by atoms with Crippen LogP contribution in [-0.4, -0.2) is 9.97 Å². The van der Waals surface area contributed by atoms with Gasteiger partial charge < -0.3 is 5.32 Å². The number of nitrogens with one attached hydrogen (secondary N) is 1. The van der Waals surface area contributed by atoms with Crippen molar-refractivity contribution in [2.45, 2.75) is 19.3 Å². The summed E-state index contributed by atoms with van der Waals surface area (Å²) in [5, 5.41) is 3.64. The summed E-state index contributed by atoms with van der Waals surface area (Å²) in [6.07, 6.45) is -8.71. The molecular weight excluding hydrogens is 476 g/mol. The topological polar surface area (TPSA) is 37.8 Å². The molecule has 0 amide bonds. The van der Waals surface area contributed by atoms with E-state index in [1.807, 2.05) is 6.92 Å². The molecule has 0 radical (unpaired) electrons. The molecule has 0 unspecified atom stereocenters. The van der Waals surface area contributed by atoms with E-state index in [-0.39, 0.29) is 11.9 Å². The third kappa shape index (κ3) is 4.37. The first-order valence-corrected chi connectivity index (χ1v) is 10.2. The van der Waals surface area contributed by atoms with Crippen molar-refractivity contribution in [3.63, 3.8) is 0 Å². The van der Waals surface area contributed by atoms with Crippen LogP contribution in [-0.2, 0) is 12.4 Å². The largest absolute Gasteiger partial charge is 0.416 e. The van der Waals surface area contributed by atoms with E-state index in [1.165, 1.54) is 17.7 Å². The third-order valence-electron chi connectivity index (χ3n) is 4.65. The Bertz CT molecular complexity index is 1260. The molecule has 0 spiro atoms. The zero-order chi connectivity index (χ0) is 23.3. The van der Waals surface area contributed by atoms with Gasteiger partial charge in [-0.25, -0.2) is 9.97 Å². The average molecular weight is 488 g/mol. The zero-order valence-electron chi connectivity index (χ0n) is 16.1. The summed E-state index contributed by atoms with van der Waals surface area (Å²) < 4.78 is 79.3. The number of fused-ring (bicyclic) bond motifs is 1. The quantitative estimate of drug-likeness (QED) is 0.297. The predicted octanol–water partition coefficient (Wildman–Crippen LogP) is 8.10. The molecule has 0 saturated heterocycles.